The molecule has 196 valence electrons. The molecule has 0 aliphatic heterocycles. The third kappa shape index (κ3) is 6.21. The van der Waals surface area contributed by atoms with E-state index < -0.39 is 22.5 Å². The van der Waals surface area contributed by atoms with Crippen molar-refractivity contribution in [2.24, 2.45) is 5.10 Å². The number of para-hydroxylation sites is 1. The Balaban J connectivity index is 1.53. The highest BCUT2D eigenvalue weighted by Gasteiger charge is 2.27. The van der Waals surface area contributed by atoms with E-state index >= 15 is 0 Å². The number of hydrazone groups is 1. The predicted octanol–water partition coefficient (Wildman–Crippen LogP) is 4.64. The highest BCUT2D eigenvalue weighted by Crippen LogP contribution is 2.25. The summed E-state index contributed by atoms with van der Waals surface area (Å²) in [4.78, 5) is 17.1. The van der Waals surface area contributed by atoms with Crippen molar-refractivity contribution >= 4 is 50.3 Å². The summed E-state index contributed by atoms with van der Waals surface area (Å²) in [7, 11) is -2.51. The lowest BCUT2D eigenvalue weighted by Gasteiger charge is -2.23. The van der Waals surface area contributed by atoms with Gasteiger partial charge in [0.25, 0.3) is 15.9 Å². The molecule has 0 atom stereocenters. The first kappa shape index (κ1) is 26.9. The average Bonchev–Trinajstić information content (AvgIpc) is 2.92. The molecule has 0 radical (unpaired) electrons. The van der Waals surface area contributed by atoms with Crippen LogP contribution in [0.25, 0.3) is 10.9 Å². The van der Waals surface area contributed by atoms with Gasteiger partial charge in [0.05, 0.1) is 36.0 Å². The Morgan fingerprint density at radius 1 is 1.05 bits per heavy atom. The molecule has 11 heteroatoms. The lowest BCUT2D eigenvalue weighted by Crippen LogP contribution is -2.39. The minimum atomic E-state index is -4.07. The summed E-state index contributed by atoms with van der Waals surface area (Å²) in [5.74, 6) is 0.554. The van der Waals surface area contributed by atoms with Crippen LogP contribution in [0.2, 0.25) is 5.15 Å². The van der Waals surface area contributed by atoms with Crippen LogP contribution < -0.4 is 19.2 Å². The lowest BCUT2D eigenvalue weighted by molar-refractivity contribution is -0.119. The SMILES string of the molecule is CCOc1ccc(S(=O)(=O)N(CC(=O)N/N=C\c2cc3ccc(OC)cc3nc2Cl)c2ccccc2)cc1. The van der Waals surface area contributed by atoms with E-state index in [0.717, 1.165) is 9.69 Å². The first-order valence-electron chi connectivity index (χ1n) is 11.6. The summed E-state index contributed by atoms with van der Waals surface area (Å²) in [6.07, 6.45) is 1.35. The molecule has 1 aromatic heterocycles. The highest BCUT2D eigenvalue weighted by atomic mass is 35.5. The molecule has 1 amide bonds. The maximum atomic E-state index is 13.5. The second-order valence-corrected chi connectivity index (χ2v) is 10.2. The minimum absolute atomic E-state index is 0.0201. The number of methoxy groups -OCH3 is 1. The van der Waals surface area contributed by atoms with Crippen LogP contribution in [0.15, 0.2) is 88.9 Å². The van der Waals surface area contributed by atoms with E-state index in [2.05, 4.69) is 15.5 Å². The fraction of sp³-hybridized carbons (Fsp3) is 0.148. The fourth-order valence-corrected chi connectivity index (χ4v) is 5.22. The molecule has 0 unspecified atom stereocenters. The topological polar surface area (TPSA) is 110 Å². The van der Waals surface area contributed by atoms with Gasteiger partial charge in [0.1, 0.15) is 23.2 Å². The van der Waals surface area contributed by atoms with Gasteiger partial charge in [0.15, 0.2) is 0 Å². The molecule has 0 aliphatic carbocycles. The second kappa shape index (κ2) is 11.9. The number of amides is 1. The molecule has 9 nitrogen and oxygen atoms in total. The molecular weight excluding hydrogens is 528 g/mol. The second-order valence-electron chi connectivity index (χ2n) is 7.97. The molecule has 1 heterocycles. The van der Waals surface area contributed by atoms with Gasteiger partial charge in [0.2, 0.25) is 0 Å². The third-order valence-electron chi connectivity index (χ3n) is 5.45. The smallest absolute Gasteiger partial charge is 0.264 e. The van der Waals surface area contributed by atoms with Crippen LogP contribution in [-0.2, 0) is 14.8 Å². The minimum Gasteiger partial charge on any atom is -0.497 e. The summed E-state index contributed by atoms with van der Waals surface area (Å²) in [5, 5.41) is 4.96. The molecule has 0 aliphatic rings. The first-order valence-corrected chi connectivity index (χ1v) is 13.4. The van der Waals surface area contributed by atoms with E-state index in [0.29, 0.717) is 34.9 Å². The van der Waals surface area contributed by atoms with Crippen LogP contribution in [0.3, 0.4) is 0 Å². The molecule has 3 aromatic carbocycles. The number of carbonyl (C=O) groups excluding carboxylic acids is 1. The van der Waals surface area contributed by atoms with Crippen molar-refractivity contribution in [3.05, 3.63) is 89.6 Å². The Bertz CT molecular complexity index is 1560. The van der Waals surface area contributed by atoms with Crippen molar-refractivity contribution in [1.82, 2.24) is 10.4 Å². The van der Waals surface area contributed by atoms with Gasteiger partial charge >= 0.3 is 0 Å². The van der Waals surface area contributed by atoms with Crippen molar-refractivity contribution in [3.63, 3.8) is 0 Å². The number of aromatic nitrogens is 1. The van der Waals surface area contributed by atoms with Crippen molar-refractivity contribution in [1.29, 1.82) is 0 Å². The summed E-state index contributed by atoms with van der Waals surface area (Å²) in [5.41, 5.74) is 3.83. The summed E-state index contributed by atoms with van der Waals surface area (Å²) in [6.45, 7) is 1.79. The van der Waals surface area contributed by atoms with Crippen LogP contribution in [0, 0.1) is 0 Å². The number of benzene rings is 3. The summed E-state index contributed by atoms with van der Waals surface area (Å²) >= 11 is 6.28. The molecule has 0 spiro atoms. The number of nitrogens with zero attached hydrogens (tertiary/aromatic N) is 3. The standard InChI is InChI=1S/C27H25ClN4O5S/c1-3-37-22-11-13-24(14-12-22)38(34,35)32(21-7-5-4-6-8-21)18-26(33)31-29-17-20-15-19-9-10-23(36-2)16-25(19)30-27(20)28/h4-17H,3,18H2,1-2H3,(H,31,33)/b29-17-. The number of rotatable bonds is 10. The zero-order chi connectivity index (χ0) is 27.1. The Kier molecular flexibility index (Phi) is 8.45. The van der Waals surface area contributed by atoms with Gasteiger partial charge in [-0.3, -0.25) is 9.10 Å². The van der Waals surface area contributed by atoms with E-state index in [9.17, 15) is 13.2 Å². The Morgan fingerprint density at radius 2 is 1.76 bits per heavy atom. The number of carbonyl (C=O) groups is 1. The van der Waals surface area contributed by atoms with Crippen molar-refractivity contribution in [2.75, 3.05) is 24.6 Å². The molecule has 4 aromatic rings. The third-order valence-corrected chi connectivity index (χ3v) is 7.54. The van der Waals surface area contributed by atoms with E-state index in [1.807, 2.05) is 13.0 Å². The van der Waals surface area contributed by atoms with E-state index in [-0.39, 0.29) is 10.0 Å². The molecule has 4 rings (SSSR count). The van der Waals surface area contributed by atoms with Gasteiger partial charge in [-0.2, -0.15) is 5.10 Å². The maximum Gasteiger partial charge on any atom is 0.264 e. The number of sulfonamides is 1. The number of hydrogen-bond donors (Lipinski definition) is 1. The van der Waals surface area contributed by atoms with E-state index in [1.165, 1.54) is 18.3 Å². The molecule has 0 fully saturated rings. The monoisotopic (exact) mass is 552 g/mol. The number of halogens is 1. The normalized spacial score (nSPS) is 11.4. The summed E-state index contributed by atoms with van der Waals surface area (Å²) < 4.78 is 38.6. The Morgan fingerprint density at radius 3 is 2.45 bits per heavy atom. The van der Waals surface area contributed by atoms with Crippen LogP contribution >= 0.6 is 11.6 Å². The molecular formula is C27H25ClN4O5S. The lowest BCUT2D eigenvalue weighted by atomic mass is 10.1. The number of ether oxygens (including phenoxy) is 2. The zero-order valence-corrected chi connectivity index (χ0v) is 22.2. The largest absolute Gasteiger partial charge is 0.497 e. The fourth-order valence-electron chi connectivity index (χ4n) is 3.61. The van der Waals surface area contributed by atoms with Crippen molar-refractivity contribution < 1.29 is 22.7 Å². The highest BCUT2D eigenvalue weighted by molar-refractivity contribution is 7.92. The van der Waals surface area contributed by atoms with Gasteiger partial charge in [-0.25, -0.2) is 18.8 Å². The van der Waals surface area contributed by atoms with E-state index in [1.54, 1.807) is 67.8 Å². The number of pyridine rings is 1. The van der Waals surface area contributed by atoms with Gasteiger partial charge < -0.3 is 9.47 Å². The van der Waals surface area contributed by atoms with Gasteiger partial charge in [-0.1, -0.05) is 29.8 Å². The van der Waals surface area contributed by atoms with Crippen LogP contribution in [-0.4, -0.2) is 45.8 Å². The van der Waals surface area contributed by atoms with Crippen molar-refractivity contribution in [3.8, 4) is 11.5 Å². The molecule has 0 bridgehead atoms. The number of anilines is 1. The number of fused-ring (bicyclic) bond motifs is 1. The van der Waals surface area contributed by atoms with E-state index in [4.69, 9.17) is 21.1 Å². The first-order chi connectivity index (χ1) is 18.3. The Labute approximate surface area is 225 Å². The van der Waals surface area contributed by atoms with Gasteiger partial charge in [-0.15, -0.1) is 0 Å². The van der Waals surface area contributed by atoms with Crippen LogP contribution in [0.1, 0.15) is 12.5 Å². The molecule has 0 saturated carbocycles. The van der Waals surface area contributed by atoms with Crippen LogP contribution in [0.5, 0.6) is 11.5 Å². The quantitative estimate of drug-likeness (QED) is 0.174. The average molecular weight is 553 g/mol. The molecule has 0 saturated heterocycles. The number of hydrogen-bond acceptors (Lipinski definition) is 7. The number of nitrogens with one attached hydrogen (secondary N) is 1. The Hall–Kier alpha value is -4.15. The van der Waals surface area contributed by atoms with Crippen molar-refractivity contribution in [2.45, 2.75) is 11.8 Å². The van der Waals surface area contributed by atoms with Crippen LogP contribution in [0.4, 0.5) is 5.69 Å². The van der Waals surface area contributed by atoms with Gasteiger partial charge in [-0.05, 0) is 61.5 Å². The van der Waals surface area contributed by atoms with Gasteiger partial charge in [0, 0.05) is 17.0 Å². The molecule has 1 N–H and O–H groups in total. The zero-order valence-electron chi connectivity index (χ0n) is 20.7. The predicted molar refractivity (Wildman–Crippen MR) is 148 cm³/mol. The maximum absolute atomic E-state index is 13.5. The molecule has 38 heavy (non-hydrogen) atoms. The summed E-state index contributed by atoms with van der Waals surface area (Å²) in [6, 6.07) is 21.5.